The largest absolute Gasteiger partial charge is 0.573 e. The molecule has 0 bridgehead atoms. The maximum absolute atomic E-state index is 12.5. The van der Waals surface area contributed by atoms with Crippen LogP contribution >= 0.6 is 0 Å². The van der Waals surface area contributed by atoms with Crippen LogP contribution in [0.1, 0.15) is 12.5 Å². The molecule has 1 aromatic carbocycles. The smallest absolute Gasteiger partial charge is 0.406 e. The summed E-state index contributed by atoms with van der Waals surface area (Å²) in [7, 11) is 0. The summed E-state index contributed by atoms with van der Waals surface area (Å²) in [4.78, 5) is 0. The normalized spacial score (nSPS) is 15.8. The van der Waals surface area contributed by atoms with Gasteiger partial charge in [-0.15, -0.1) is 13.2 Å². The predicted octanol–water partition coefficient (Wildman–Crippen LogP) is 3.02. The highest BCUT2D eigenvalue weighted by Crippen LogP contribution is 2.28. The highest BCUT2D eigenvalue weighted by Gasteiger charge is 2.33. The van der Waals surface area contributed by atoms with Crippen LogP contribution in [0.5, 0.6) is 5.75 Å². The molecule has 0 aromatic heterocycles. The van der Waals surface area contributed by atoms with Gasteiger partial charge in [-0.1, -0.05) is 12.1 Å². The van der Waals surface area contributed by atoms with Crippen molar-refractivity contribution in [2.45, 2.75) is 25.3 Å². The van der Waals surface area contributed by atoms with Crippen LogP contribution in [0, 0.1) is 0 Å². The zero-order valence-electron chi connectivity index (χ0n) is 8.76. The number of benzene rings is 1. The second-order valence-electron chi connectivity index (χ2n) is 3.66. The summed E-state index contributed by atoms with van der Waals surface area (Å²) in [6.07, 6.45) is -7.63. The number of alkyl halides is 5. The fraction of sp³-hybridized carbons (Fsp3) is 0.400. The Morgan fingerprint density at radius 1 is 1.12 bits per heavy atom. The third-order valence-corrected chi connectivity index (χ3v) is 2.16. The Bertz CT molecular complexity index is 371. The molecule has 2 nitrogen and oxygen atoms in total. The van der Waals surface area contributed by atoms with Crippen LogP contribution in [-0.4, -0.2) is 12.8 Å². The van der Waals surface area contributed by atoms with Crippen LogP contribution in [0.25, 0.3) is 0 Å². The Balaban J connectivity index is 2.89. The Labute approximate surface area is 94.2 Å². The Morgan fingerprint density at radius 3 is 1.94 bits per heavy atom. The molecule has 0 amide bonds. The maximum Gasteiger partial charge on any atom is 0.573 e. The Hall–Kier alpha value is -1.37. The first kappa shape index (κ1) is 13.7. The minimum Gasteiger partial charge on any atom is -0.406 e. The van der Waals surface area contributed by atoms with Gasteiger partial charge in [0, 0.05) is 0 Å². The fourth-order valence-corrected chi connectivity index (χ4v) is 1.14. The molecule has 1 atom stereocenters. The molecule has 0 heterocycles. The molecule has 0 spiro atoms. The fourth-order valence-electron chi connectivity index (χ4n) is 1.14. The van der Waals surface area contributed by atoms with Crippen LogP contribution in [0.4, 0.5) is 22.0 Å². The van der Waals surface area contributed by atoms with Crippen molar-refractivity contribution >= 4 is 0 Å². The van der Waals surface area contributed by atoms with Gasteiger partial charge in [0.05, 0.1) is 5.54 Å². The van der Waals surface area contributed by atoms with Gasteiger partial charge in [0.25, 0.3) is 6.43 Å². The molecule has 0 aliphatic heterocycles. The highest BCUT2D eigenvalue weighted by molar-refractivity contribution is 5.31. The van der Waals surface area contributed by atoms with Gasteiger partial charge in [-0.2, -0.15) is 0 Å². The summed E-state index contributed by atoms with van der Waals surface area (Å²) in [6, 6.07) is 4.03. The van der Waals surface area contributed by atoms with Crippen molar-refractivity contribution in [1.82, 2.24) is 0 Å². The van der Waals surface area contributed by atoms with E-state index in [2.05, 4.69) is 4.74 Å². The highest BCUT2D eigenvalue weighted by atomic mass is 19.4. The average molecular weight is 255 g/mol. The Morgan fingerprint density at radius 2 is 1.59 bits per heavy atom. The molecule has 1 rings (SSSR count). The van der Waals surface area contributed by atoms with Gasteiger partial charge in [-0.25, -0.2) is 8.78 Å². The zero-order chi connectivity index (χ0) is 13.3. The van der Waals surface area contributed by atoms with E-state index in [0.29, 0.717) is 0 Å². The molecule has 0 fully saturated rings. The van der Waals surface area contributed by atoms with Gasteiger partial charge in [0.1, 0.15) is 5.75 Å². The van der Waals surface area contributed by atoms with Crippen LogP contribution < -0.4 is 10.5 Å². The topological polar surface area (TPSA) is 35.2 Å². The van der Waals surface area contributed by atoms with Crippen molar-refractivity contribution < 1.29 is 26.7 Å². The van der Waals surface area contributed by atoms with Crippen LogP contribution in [0.15, 0.2) is 24.3 Å². The van der Waals surface area contributed by atoms with E-state index < -0.39 is 24.1 Å². The lowest BCUT2D eigenvalue weighted by Crippen LogP contribution is -2.40. The molecule has 2 N–H and O–H groups in total. The molecule has 0 saturated carbocycles. The standard InChI is InChI=1S/C10H10F5NO/c1-9(16,8(11)12)6-2-4-7(5-3-6)17-10(13,14)15/h2-5,8H,16H2,1H3. The third-order valence-electron chi connectivity index (χ3n) is 2.16. The van der Waals surface area contributed by atoms with Gasteiger partial charge in [0.15, 0.2) is 0 Å². The molecule has 17 heavy (non-hydrogen) atoms. The van der Waals surface area contributed by atoms with Gasteiger partial charge in [0.2, 0.25) is 0 Å². The SMILES string of the molecule is CC(N)(c1ccc(OC(F)(F)F)cc1)C(F)F. The van der Waals surface area contributed by atoms with Crippen molar-refractivity contribution in [2.24, 2.45) is 5.73 Å². The average Bonchev–Trinajstić information content (AvgIpc) is 2.15. The molecular weight excluding hydrogens is 245 g/mol. The summed E-state index contributed by atoms with van der Waals surface area (Å²) in [5.41, 5.74) is 3.47. The summed E-state index contributed by atoms with van der Waals surface area (Å²) in [5, 5.41) is 0. The van der Waals surface area contributed by atoms with Crippen LogP contribution in [0.2, 0.25) is 0 Å². The van der Waals surface area contributed by atoms with E-state index in [0.717, 1.165) is 31.2 Å². The zero-order valence-corrected chi connectivity index (χ0v) is 8.76. The molecule has 0 aliphatic rings. The number of rotatable bonds is 3. The minimum atomic E-state index is -4.81. The van der Waals surface area contributed by atoms with Crippen LogP contribution in [0.3, 0.4) is 0 Å². The van der Waals surface area contributed by atoms with E-state index in [1.807, 2.05) is 0 Å². The van der Waals surface area contributed by atoms with E-state index in [1.165, 1.54) is 0 Å². The van der Waals surface area contributed by atoms with Crippen molar-refractivity contribution in [2.75, 3.05) is 0 Å². The molecule has 1 unspecified atom stereocenters. The Kier molecular flexibility index (Phi) is 3.61. The number of halogens is 5. The predicted molar refractivity (Wildman–Crippen MR) is 50.7 cm³/mol. The first-order chi connectivity index (χ1) is 7.63. The lowest BCUT2D eigenvalue weighted by molar-refractivity contribution is -0.274. The lowest BCUT2D eigenvalue weighted by Gasteiger charge is -2.24. The van der Waals surface area contributed by atoms with Crippen molar-refractivity contribution in [1.29, 1.82) is 0 Å². The molecule has 0 radical (unpaired) electrons. The van der Waals surface area contributed by atoms with Crippen molar-refractivity contribution in [3.8, 4) is 5.75 Å². The molecule has 0 saturated heterocycles. The van der Waals surface area contributed by atoms with E-state index in [-0.39, 0.29) is 5.56 Å². The maximum atomic E-state index is 12.5. The van der Waals surface area contributed by atoms with Gasteiger partial charge in [-0.3, -0.25) is 0 Å². The molecule has 0 aliphatic carbocycles. The third kappa shape index (κ3) is 3.55. The quantitative estimate of drug-likeness (QED) is 0.842. The molecule has 96 valence electrons. The van der Waals surface area contributed by atoms with Crippen LogP contribution in [-0.2, 0) is 5.54 Å². The van der Waals surface area contributed by atoms with E-state index in [1.54, 1.807) is 0 Å². The van der Waals surface area contributed by atoms with E-state index in [9.17, 15) is 22.0 Å². The second kappa shape index (κ2) is 4.48. The number of ether oxygens (including phenoxy) is 1. The van der Waals surface area contributed by atoms with E-state index >= 15 is 0 Å². The summed E-state index contributed by atoms with van der Waals surface area (Å²) < 4.78 is 64.2. The second-order valence-corrected chi connectivity index (χ2v) is 3.66. The van der Waals surface area contributed by atoms with Gasteiger partial charge >= 0.3 is 6.36 Å². The lowest BCUT2D eigenvalue weighted by atomic mass is 9.94. The first-order valence-electron chi connectivity index (χ1n) is 4.56. The molecule has 1 aromatic rings. The van der Waals surface area contributed by atoms with Gasteiger partial charge in [-0.05, 0) is 24.6 Å². The van der Waals surface area contributed by atoms with Crippen molar-refractivity contribution in [3.63, 3.8) is 0 Å². The minimum absolute atomic E-state index is 0.0297. The monoisotopic (exact) mass is 255 g/mol. The summed E-state index contributed by atoms with van der Waals surface area (Å²) >= 11 is 0. The number of hydrogen-bond donors (Lipinski definition) is 1. The first-order valence-corrected chi connectivity index (χ1v) is 4.56. The molecular formula is C10H10F5NO. The van der Waals surface area contributed by atoms with E-state index in [4.69, 9.17) is 5.73 Å². The summed E-state index contributed by atoms with van der Waals surface area (Å²) in [5.74, 6) is -0.480. The number of hydrogen-bond acceptors (Lipinski definition) is 2. The number of nitrogens with two attached hydrogens (primary N) is 1. The van der Waals surface area contributed by atoms with Crippen molar-refractivity contribution in [3.05, 3.63) is 29.8 Å². The summed E-state index contributed by atoms with van der Waals surface area (Å²) in [6.45, 7) is 1.09. The van der Waals surface area contributed by atoms with Gasteiger partial charge < -0.3 is 10.5 Å². The molecule has 7 heteroatoms.